The lowest BCUT2D eigenvalue weighted by atomic mass is 9.91. The quantitative estimate of drug-likeness (QED) is 0.558. The van der Waals surface area contributed by atoms with Gasteiger partial charge in [0.25, 0.3) is 5.91 Å². The summed E-state index contributed by atoms with van der Waals surface area (Å²) in [4.78, 5) is 37.4. The molecule has 2 aliphatic heterocycles. The van der Waals surface area contributed by atoms with Gasteiger partial charge in [0, 0.05) is 38.0 Å². The van der Waals surface area contributed by atoms with Crippen LogP contribution in [0.2, 0.25) is 0 Å². The number of fused-ring (bicyclic) bond motifs is 1. The highest BCUT2D eigenvalue weighted by molar-refractivity contribution is 7.98. The lowest BCUT2D eigenvalue weighted by molar-refractivity contribution is -0.132. The van der Waals surface area contributed by atoms with Crippen molar-refractivity contribution in [3.05, 3.63) is 47.8 Å². The van der Waals surface area contributed by atoms with E-state index in [0.29, 0.717) is 36.9 Å². The second-order valence-electron chi connectivity index (χ2n) is 7.56. The van der Waals surface area contributed by atoms with E-state index in [9.17, 15) is 9.59 Å². The molecule has 1 aromatic heterocycles. The van der Waals surface area contributed by atoms with Crippen LogP contribution in [0.5, 0.6) is 5.75 Å². The van der Waals surface area contributed by atoms with Gasteiger partial charge in [-0.1, -0.05) is 30.0 Å². The van der Waals surface area contributed by atoms with Crippen LogP contribution in [-0.4, -0.2) is 63.1 Å². The highest BCUT2D eigenvalue weighted by Gasteiger charge is 2.43. The van der Waals surface area contributed by atoms with E-state index in [1.54, 1.807) is 24.2 Å². The maximum atomic E-state index is 13.1. The normalized spacial score (nSPS) is 21.3. The molecule has 1 saturated heterocycles. The first-order valence-corrected chi connectivity index (χ1v) is 10.9. The van der Waals surface area contributed by atoms with Gasteiger partial charge in [0.05, 0.1) is 18.7 Å². The van der Waals surface area contributed by atoms with Crippen LogP contribution in [0, 0.1) is 0 Å². The molecule has 1 spiro atoms. The first kappa shape index (κ1) is 19.7. The van der Waals surface area contributed by atoms with Crippen LogP contribution in [-0.2, 0) is 11.3 Å². The number of carbonyl (C=O) groups is 2. The number of para-hydroxylation sites is 1. The highest BCUT2D eigenvalue weighted by Crippen LogP contribution is 2.35. The van der Waals surface area contributed by atoms with Crippen molar-refractivity contribution in [2.45, 2.75) is 37.1 Å². The van der Waals surface area contributed by atoms with E-state index in [4.69, 9.17) is 4.74 Å². The molecule has 0 radical (unpaired) electrons. The summed E-state index contributed by atoms with van der Waals surface area (Å²) < 4.78 is 6.50. The summed E-state index contributed by atoms with van der Waals surface area (Å²) in [5.74, 6) is 0.694. The smallest absolute Gasteiger partial charge is 0.257 e. The summed E-state index contributed by atoms with van der Waals surface area (Å²) >= 11 is 1.44. The lowest BCUT2D eigenvalue weighted by Gasteiger charge is -2.43. The topological polar surface area (TPSA) is 75.6 Å². The second-order valence-corrected chi connectivity index (χ2v) is 8.33. The Bertz CT molecular complexity index is 920. The average molecular weight is 413 g/mol. The van der Waals surface area contributed by atoms with Crippen LogP contribution in [0.3, 0.4) is 0 Å². The minimum Gasteiger partial charge on any atom is -0.483 e. The van der Waals surface area contributed by atoms with Crippen molar-refractivity contribution in [3.8, 4) is 5.75 Å². The van der Waals surface area contributed by atoms with Gasteiger partial charge in [-0.15, -0.1) is 0 Å². The van der Waals surface area contributed by atoms with E-state index in [1.165, 1.54) is 11.8 Å². The second kappa shape index (κ2) is 8.02. The number of likely N-dealkylation sites (tertiary alicyclic amines) is 1. The predicted molar refractivity (Wildman–Crippen MR) is 110 cm³/mol. The zero-order valence-corrected chi connectivity index (χ0v) is 17.4. The first-order valence-electron chi connectivity index (χ1n) is 9.67. The van der Waals surface area contributed by atoms with Crippen molar-refractivity contribution in [3.63, 3.8) is 0 Å². The third kappa shape index (κ3) is 4.07. The van der Waals surface area contributed by atoms with Gasteiger partial charge in [-0.25, -0.2) is 9.97 Å². The van der Waals surface area contributed by atoms with Gasteiger partial charge in [-0.05, 0) is 25.2 Å². The Hall–Kier alpha value is -2.61. The molecule has 7 nitrogen and oxygen atoms in total. The van der Waals surface area contributed by atoms with E-state index in [0.717, 1.165) is 24.2 Å². The molecule has 1 unspecified atom stereocenters. The summed E-state index contributed by atoms with van der Waals surface area (Å²) in [7, 11) is 0. The molecule has 1 fully saturated rings. The maximum absolute atomic E-state index is 13.1. The van der Waals surface area contributed by atoms with Crippen LogP contribution in [0.15, 0.2) is 41.8 Å². The molecule has 2 aliphatic rings. The van der Waals surface area contributed by atoms with Gasteiger partial charge in [-0.2, -0.15) is 0 Å². The van der Waals surface area contributed by atoms with Crippen LogP contribution in [0.4, 0.5) is 0 Å². The molecule has 2 amide bonds. The number of carbonyl (C=O) groups excluding carboxylic acids is 2. The molecule has 1 aromatic carbocycles. The third-order valence-electron chi connectivity index (χ3n) is 5.47. The van der Waals surface area contributed by atoms with Crippen LogP contribution in [0.25, 0.3) is 0 Å². The van der Waals surface area contributed by atoms with Crippen molar-refractivity contribution >= 4 is 23.6 Å². The Morgan fingerprint density at radius 2 is 1.86 bits per heavy atom. The molecule has 1 atom stereocenters. The average Bonchev–Trinajstić information content (AvgIpc) is 2.90. The molecule has 0 bridgehead atoms. The largest absolute Gasteiger partial charge is 0.483 e. The Labute approximate surface area is 174 Å². The Kier molecular flexibility index (Phi) is 5.45. The van der Waals surface area contributed by atoms with Crippen LogP contribution >= 0.6 is 11.8 Å². The number of thioether (sulfide) groups is 1. The SMILES string of the molecule is CSc1ncc(C(=O)N2CCCC3(CN(C(C)=O)Cc4ccccc4O3)C2)cn1. The number of hydrogen-bond acceptors (Lipinski definition) is 6. The fraction of sp³-hybridized carbons (Fsp3) is 0.429. The van der Waals surface area contributed by atoms with E-state index < -0.39 is 5.60 Å². The summed E-state index contributed by atoms with van der Waals surface area (Å²) in [6, 6.07) is 7.82. The Morgan fingerprint density at radius 1 is 1.14 bits per heavy atom. The third-order valence-corrected chi connectivity index (χ3v) is 6.04. The summed E-state index contributed by atoms with van der Waals surface area (Å²) in [6.45, 7) is 3.63. The molecule has 0 saturated carbocycles. The van der Waals surface area contributed by atoms with Crippen molar-refractivity contribution in [2.24, 2.45) is 0 Å². The molecule has 0 aliphatic carbocycles. The highest BCUT2D eigenvalue weighted by atomic mass is 32.2. The van der Waals surface area contributed by atoms with E-state index >= 15 is 0 Å². The fourth-order valence-corrected chi connectivity index (χ4v) is 4.35. The predicted octanol–water partition coefficient (Wildman–Crippen LogP) is 2.61. The number of piperidine rings is 1. The van der Waals surface area contributed by atoms with Crippen LogP contribution < -0.4 is 4.74 Å². The van der Waals surface area contributed by atoms with E-state index in [-0.39, 0.29) is 11.8 Å². The van der Waals surface area contributed by atoms with Gasteiger partial charge in [-0.3, -0.25) is 9.59 Å². The minimum atomic E-state index is -0.619. The Morgan fingerprint density at radius 3 is 2.59 bits per heavy atom. The zero-order chi connectivity index (χ0) is 20.4. The summed E-state index contributed by atoms with van der Waals surface area (Å²) in [5.41, 5.74) is 0.841. The molecule has 29 heavy (non-hydrogen) atoms. The summed E-state index contributed by atoms with van der Waals surface area (Å²) in [5, 5.41) is 0.637. The van der Waals surface area contributed by atoms with Crippen molar-refractivity contribution in [1.82, 2.24) is 19.8 Å². The fourth-order valence-electron chi connectivity index (χ4n) is 4.03. The molecular weight excluding hydrogens is 388 g/mol. The number of rotatable bonds is 2. The lowest BCUT2D eigenvalue weighted by Crippen LogP contribution is -2.58. The number of aromatic nitrogens is 2. The van der Waals surface area contributed by atoms with Gasteiger partial charge < -0.3 is 14.5 Å². The first-order chi connectivity index (χ1) is 14.0. The van der Waals surface area contributed by atoms with Gasteiger partial charge in [0.2, 0.25) is 5.91 Å². The van der Waals surface area contributed by atoms with E-state index in [2.05, 4.69) is 9.97 Å². The molecule has 4 rings (SSSR count). The Balaban J connectivity index is 1.61. The molecule has 152 valence electrons. The standard InChI is InChI=1S/C21H24N4O3S/c1-15(26)25-12-16-6-3-4-7-18(16)28-21(14-25)8-5-9-24(13-21)19(27)17-10-22-20(29-2)23-11-17/h3-4,6-7,10-11H,5,8-9,12-14H2,1-2H3. The molecule has 2 aromatic rings. The van der Waals surface area contributed by atoms with Gasteiger partial charge in [0.15, 0.2) is 5.16 Å². The molecule has 8 heteroatoms. The number of nitrogens with zero attached hydrogens (tertiary/aromatic N) is 4. The van der Waals surface area contributed by atoms with Crippen molar-refractivity contribution in [1.29, 1.82) is 0 Å². The van der Waals surface area contributed by atoms with Gasteiger partial charge in [0.1, 0.15) is 11.4 Å². The monoisotopic (exact) mass is 412 g/mol. The van der Waals surface area contributed by atoms with E-state index in [1.807, 2.05) is 35.4 Å². The van der Waals surface area contributed by atoms with Gasteiger partial charge >= 0.3 is 0 Å². The number of amides is 2. The number of ether oxygens (including phenoxy) is 1. The maximum Gasteiger partial charge on any atom is 0.257 e. The van der Waals surface area contributed by atoms with Crippen LogP contribution in [0.1, 0.15) is 35.7 Å². The molecule has 3 heterocycles. The molecule has 0 N–H and O–H groups in total. The number of benzene rings is 1. The van der Waals surface area contributed by atoms with Crippen molar-refractivity contribution in [2.75, 3.05) is 25.9 Å². The van der Waals surface area contributed by atoms with Crippen molar-refractivity contribution < 1.29 is 14.3 Å². The number of hydrogen-bond donors (Lipinski definition) is 0. The zero-order valence-electron chi connectivity index (χ0n) is 16.6. The minimum absolute atomic E-state index is 0.00850. The summed E-state index contributed by atoms with van der Waals surface area (Å²) in [6.07, 6.45) is 6.65. The molecular formula is C21H24N4O3S.